The lowest BCUT2D eigenvalue weighted by Crippen LogP contribution is -2.32. The molecule has 0 radical (unpaired) electrons. The highest BCUT2D eigenvalue weighted by Gasteiger charge is 2.17. The van der Waals surface area contributed by atoms with Gasteiger partial charge in [0.15, 0.2) is 0 Å². The normalized spacial score (nSPS) is 18.4. The first kappa shape index (κ1) is 17.1. The molecule has 2 aliphatic rings. The molecule has 0 spiro atoms. The van der Waals surface area contributed by atoms with Crippen LogP contribution in [0, 0.1) is 12.8 Å². The summed E-state index contributed by atoms with van der Waals surface area (Å²) in [4.78, 5) is 14.0. The van der Waals surface area contributed by atoms with Crippen LogP contribution in [0.4, 0.5) is 23.0 Å². The summed E-state index contributed by atoms with van der Waals surface area (Å²) in [5.41, 5.74) is 2.39. The maximum Gasteiger partial charge on any atom is 0.136 e. The van der Waals surface area contributed by atoms with E-state index in [1.165, 1.54) is 31.4 Å². The summed E-state index contributed by atoms with van der Waals surface area (Å²) < 4.78 is 0. The average Bonchev–Trinajstić information content (AvgIpc) is 3.17. The van der Waals surface area contributed by atoms with Crippen LogP contribution in [0.15, 0.2) is 30.3 Å². The molecular weight excluding hydrogens is 322 g/mol. The van der Waals surface area contributed by atoms with E-state index in [0.29, 0.717) is 0 Å². The molecule has 2 fully saturated rings. The van der Waals surface area contributed by atoms with Gasteiger partial charge in [-0.1, -0.05) is 6.92 Å². The Morgan fingerprint density at radius 3 is 2.31 bits per heavy atom. The molecule has 5 nitrogen and oxygen atoms in total. The van der Waals surface area contributed by atoms with E-state index in [1.54, 1.807) is 0 Å². The Labute approximate surface area is 156 Å². The number of hydrogen-bond acceptors (Lipinski definition) is 5. The molecule has 5 heteroatoms. The number of piperidine rings is 1. The van der Waals surface area contributed by atoms with Gasteiger partial charge in [-0.3, -0.25) is 0 Å². The first-order valence-electron chi connectivity index (χ1n) is 9.90. The monoisotopic (exact) mass is 351 g/mol. The van der Waals surface area contributed by atoms with Gasteiger partial charge in [-0.25, -0.2) is 9.97 Å². The van der Waals surface area contributed by atoms with E-state index < -0.39 is 0 Å². The summed E-state index contributed by atoms with van der Waals surface area (Å²) in [5, 5.41) is 3.45. The van der Waals surface area contributed by atoms with Gasteiger partial charge in [0, 0.05) is 43.6 Å². The van der Waals surface area contributed by atoms with Crippen molar-refractivity contribution in [3.05, 3.63) is 36.2 Å². The highest BCUT2D eigenvalue weighted by Crippen LogP contribution is 2.26. The first-order valence-corrected chi connectivity index (χ1v) is 9.90. The van der Waals surface area contributed by atoms with Gasteiger partial charge in [0.05, 0.1) is 0 Å². The number of aryl methyl sites for hydroxylation is 1. The van der Waals surface area contributed by atoms with Crippen molar-refractivity contribution in [3.8, 4) is 0 Å². The minimum atomic E-state index is 0.816. The van der Waals surface area contributed by atoms with Crippen LogP contribution >= 0.6 is 0 Å². The van der Waals surface area contributed by atoms with Crippen molar-refractivity contribution in [1.29, 1.82) is 0 Å². The molecule has 0 amide bonds. The van der Waals surface area contributed by atoms with E-state index in [0.717, 1.165) is 55.2 Å². The summed E-state index contributed by atoms with van der Waals surface area (Å²) in [5.74, 6) is 3.59. The number of aromatic nitrogens is 2. The molecule has 0 bridgehead atoms. The molecule has 0 aliphatic carbocycles. The van der Waals surface area contributed by atoms with E-state index in [-0.39, 0.29) is 0 Å². The van der Waals surface area contributed by atoms with E-state index in [2.05, 4.69) is 62.3 Å². The smallest absolute Gasteiger partial charge is 0.136 e. The van der Waals surface area contributed by atoms with Crippen molar-refractivity contribution < 1.29 is 0 Å². The van der Waals surface area contributed by atoms with Crippen molar-refractivity contribution in [3.63, 3.8) is 0 Å². The Morgan fingerprint density at radius 2 is 1.62 bits per heavy atom. The topological polar surface area (TPSA) is 44.3 Å². The first-order chi connectivity index (χ1) is 12.7. The van der Waals surface area contributed by atoms with E-state index >= 15 is 0 Å². The third-order valence-corrected chi connectivity index (χ3v) is 5.54. The number of hydrogen-bond donors (Lipinski definition) is 1. The maximum absolute atomic E-state index is 4.61. The molecule has 3 heterocycles. The third-order valence-electron chi connectivity index (χ3n) is 5.54. The summed E-state index contributed by atoms with van der Waals surface area (Å²) in [6.07, 6.45) is 5.09. The van der Waals surface area contributed by atoms with E-state index in [1.807, 2.05) is 6.92 Å². The number of nitrogens with one attached hydrogen (secondary N) is 1. The van der Waals surface area contributed by atoms with Crippen LogP contribution in [0.3, 0.4) is 0 Å². The zero-order valence-electron chi connectivity index (χ0n) is 15.9. The van der Waals surface area contributed by atoms with Gasteiger partial charge in [0.2, 0.25) is 0 Å². The predicted molar refractivity (Wildman–Crippen MR) is 109 cm³/mol. The van der Waals surface area contributed by atoms with Crippen LogP contribution in [-0.4, -0.2) is 36.1 Å². The highest BCUT2D eigenvalue weighted by molar-refractivity contribution is 5.63. The largest absolute Gasteiger partial charge is 0.372 e. The van der Waals surface area contributed by atoms with Crippen molar-refractivity contribution in [2.75, 3.05) is 41.3 Å². The Hall–Kier alpha value is -2.30. The molecule has 2 saturated heterocycles. The second-order valence-corrected chi connectivity index (χ2v) is 7.69. The Bertz CT molecular complexity index is 729. The van der Waals surface area contributed by atoms with Crippen LogP contribution in [0.2, 0.25) is 0 Å². The quantitative estimate of drug-likeness (QED) is 0.886. The highest BCUT2D eigenvalue weighted by atomic mass is 15.2. The van der Waals surface area contributed by atoms with Gasteiger partial charge in [0.1, 0.15) is 17.5 Å². The van der Waals surface area contributed by atoms with Crippen molar-refractivity contribution >= 4 is 23.0 Å². The van der Waals surface area contributed by atoms with Crippen LogP contribution < -0.4 is 15.1 Å². The Morgan fingerprint density at radius 1 is 0.923 bits per heavy atom. The lowest BCUT2D eigenvalue weighted by Gasteiger charge is -2.32. The molecule has 1 N–H and O–H groups in total. The molecule has 138 valence electrons. The zero-order chi connectivity index (χ0) is 17.9. The Balaban J connectivity index is 1.45. The lowest BCUT2D eigenvalue weighted by molar-refractivity contribution is 0.438. The van der Waals surface area contributed by atoms with Crippen LogP contribution in [-0.2, 0) is 0 Å². The van der Waals surface area contributed by atoms with Gasteiger partial charge < -0.3 is 15.1 Å². The number of benzene rings is 1. The molecule has 26 heavy (non-hydrogen) atoms. The van der Waals surface area contributed by atoms with Gasteiger partial charge in [-0.2, -0.15) is 0 Å². The number of nitrogens with zero attached hydrogens (tertiary/aromatic N) is 4. The minimum Gasteiger partial charge on any atom is -0.372 e. The molecule has 2 aromatic rings. The molecule has 1 aromatic carbocycles. The van der Waals surface area contributed by atoms with Crippen molar-refractivity contribution in [2.24, 2.45) is 5.92 Å². The lowest BCUT2D eigenvalue weighted by atomic mass is 9.99. The number of rotatable bonds is 4. The molecule has 0 atom stereocenters. The summed E-state index contributed by atoms with van der Waals surface area (Å²) in [6.45, 7) is 8.84. The molecule has 1 aromatic heterocycles. The van der Waals surface area contributed by atoms with Gasteiger partial charge in [0.25, 0.3) is 0 Å². The zero-order valence-corrected chi connectivity index (χ0v) is 15.9. The summed E-state index contributed by atoms with van der Waals surface area (Å²) in [7, 11) is 0. The molecule has 4 rings (SSSR count). The van der Waals surface area contributed by atoms with Crippen LogP contribution in [0.1, 0.15) is 38.4 Å². The summed E-state index contributed by atoms with van der Waals surface area (Å²) in [6, 6.07) is 10.8. The standard InChI is InChI=1S/C21H29N5/c1-16-9-13-25(14-10-16)19-7-5-18(6-8-19)24-20-15-21(23-17(2)22-20)26-11-3-4-12-26/h5-8,15-16H,3-4,9-14H2,1-2H3,(H,22,23,24). The average molecular weight is 351 g/mol. The number of anilines is 4. The van der Waals surface area contributed by atoms with E-state index in [9.17, 15) is 0 Å². The van der Waals surface area contributed by atoms with Gasteiger partial charge >= 0.3 is 0 Å². The predicted octanol–water partition coefficient (Wildman–Crippen LogP) is 4.37. The summed E-state index contributed by atoms with van der Waals surface area (Å²) >= 11 is 0. The maximum atomic E-state index is 4.61. The van der Waals surface area contributed by atoms with Crippen LogP contribution in [0.25, 0.3) is 0 Å². The van der Waals surface area contributed by atoms with Crippen LogP contribution in [0.5, 0.6) is 0 Å². The molecule has 0 saturated carbocycles. The van der Waals surface area contributed by atoms with Crippen molar-refractivity contribution in [1.82, 2.24) is 9.97 Å². The second-order valence-electron chi connectivity index (χ2n) is 7.69. The molecule has 2 aliphatic heterocycles. The fraction of sp³-hybridized carbons (Fsp3) is 0.524. The van der Waals surface area contributed by atoms with Gasteiger partial charge in [-0.15, -0.1) is 0 Å². The fourth-order valence-electron chi connectivity index (χ4n) is 3.89. The minimum absolute atomic E-state index is 0.816. The molecular formula is C21H29N5. The molecule has 0 unspecified atom stereocenters. The third kappa shape index (κ3) is 3.92. The fourth-order valence-corrected chi connectivity index (χ4v) is 3.89. The Kier molecular flexibility index (Phi) is 4.96. The second kappa shape index (κ2) is 7.52. The SMILES string of the molecule is Cc1nc(Nc2ccc(N3CCC(C)CC3)cc2)cc(N2CCCC2)n1. The van der Waals surface area contributed by atoms with Crippen molar-refractivity contribution in [2.45, 2.75) is 39.5 Å². The van der Waals surface area contributed by atoms with Gasteiger partial charge in [-0.05, 0) is 62.8 Å². The van der Waals surface area contributed by atoms with E-state index in [4.69, 9.17) is 0 Å².